The van der Waals surface area contributed by atoms with Crippen LogP contribution in [0, 0.1) is 0 Å². The molecule has 0 saturated heterocycles. The van der Waals surface area contributed by atoms with E-state index in [9.17, 15) is 4.79 Å². The summed E-state index contributed by atoms with van der Waals surface area (Å²) in [6.07, 6.45) is 1.01. The minimum absolute atomic E-state index is 0.181. The Morgan fingerprint density at radius 1 is 1.37 bits per heavy atom. The van der Waals surface area contributed by atoms with Crippen LogP contribution in [0.15, 0.2) is 51.6 Å². The number of amides is 1. The molecule has 1 aromatic carbocycles. The molecule has 4 nitrogen and oxygen atoms in total. The highest BCUT2D eigenvalue weighted by Crippen LogP contribution is 2.17. The number of carbonyl (C=O) groups is 1. The monoisotopic (exact) mass is 323 g/mol. The van der Waals surface area contributed by atoms with Crippen LogP contribution >= 0.6 is 15.9 Å². The van der Waals surface area contributed by atoms with Gasteiger partial charge in [0.15, 0.2) is 6.10 Å². The van der Waals surface area contributed by atoms with E-state index in [0.717, 1.165) is 4.47 Å². The first-order valence-corrected chi connectivity index (χ1v) is 6.67. The summed E-state index contributed by atoms with van der Waals surface area (Å²) in [6, 6.07) is 10.9. The lowest BCUT2D eigenvalue weighted by molar-refractivity contribution is -0.127. The molecule has 0 aliphatic carbocycles. The lowest BCUT2D eigenvalue weighted by Crippen LogP contribution is -2.35. The van der Waals surface area contributed by atoms with Gasteiger partial charge in [0.1, 0.15) is 11.5 Å². The lowest BCUT2D eigenvalue weighted by Gasteiger charge is -2.14. The number of rotatable bonds is 5. The first-order valence-electron chi connectivity index (χ1n) is 5.87. The van der Waals surface area contributed by atoms with Crippen molar-refractivity contribution in [3.05, 3.63) is 52.9 Å². The Bertz CT molecular complexity index is 522. The smallest absolute Gasteiger partial charge is 0.261 e. The molecule has 0 spiro atoms. The Balaban J connectivity index is 1.83. The second kappa shape index (κ2) is 6.43. The normalized spacial score (nSPS) is 11.9. The molecule has 1 atom stereocenters. The van der Waals surface area contributed by atoms with Crippen LogP contribution in [-0.4, -0.2) is 12.0 Å². The third-order valence-corrected chi connectivity index (χ3v) is 3.04. The molecule has 2 rings (SSSR count). The van der Waals surface area contributed by atoms with E-state index in [0.29, 0.717) is 18.1 Å². The first kappa shape index (κ1) is 13.7. The number of furan rings is 1. The van der Waals surface area contributed by atoms with Crippen molar-refractivity contribution >= 4 is 21.8 Å². The number of benzene rings is 1. The lowest BCUT2D eigenvalue weighted by atomic mass is 10.3. The van der Waals surface area contributed by atoms with Gasteiger partial charge in [-0.3, -0.25) is 4.79 Å². The highest BCUT2D eigenvalue weighted by molar-refractivity contribution is 9.10. The maximum atomic E-state index is 11.8. The SMILES string of the molecule is C[C@@H](Oc1ccc(Br)cc1)C(=O)NCc1ccco1. The fourth-order valence-corrected chi connectivity index (χ4v) is 1.77. The van der Waals surface area contributed by atoms with Gasteiger partial charge in [0.25, 0.3) is 5.91 Å². The highest BCUT2D eigenvalue weighted by atomic mass is 79.9. The zero-order chi connectivity index (χ0) is 13.7. The maximum absolute atomic E-state index is 11.8. The third kappa shape index (κ3) is 4.13. The van der Waals surface area contributed by atoms with Crippen LogP contribution in [0.1, 0.15) is 12.7 Å². The van der Waals surface area contributed by atoms with Crippen molar-refractivity contribution in [1.29, 1.82) is 0 Å². The van der Waals surface area contributed by atoms with E-state index in [1.165, 1.54) is 0 Å². The van der Waals surface area contributed by atoms with Crippen LogP contribution in [0.4, 0.5) is 0 Å². The number of ether oxygens (including phenoxy) is 1. The minimum Gasteiger partial charge on any atom is -0.481 e. The Labute approximate surface area is 119 Å². The average molecular weight is 324 g/mol. The van der Waals surface area contributed by atoms with E-state index in [4.69, 9.17) is 9.15 Å². The summed E-state index contributed by atoms with van der Waals surface area (Å²) in [4.78, 5) is 11.8. The second-order valence-corrected chi connectivity index (χ2v) is 4.93. The fourth-order valence-electron chi connectivity index (χ4n) is 1.50. The number of carbonyl (C=O) groups excluding carboxylic acids is 1. The Morgan fingerprint density at radius 3 is 2.74 bits per heavy atom. The quantitative estimate of drug-likeness (QED) is 0.919. The van der Waals surface area contributed by atoms with Crippen LogP contribution in [0.25, 0.3) is 0 Å². The molecule has 0 aliphatic rings. The zero-order valence-electron chi connectivity index (χ0n) is 10.4. The van der Waals surface area contributed by atoms with Gasteiger partial charge in [-0.25, -0.2) is 0 Å². The molecule has 0 bridgehead atoms. The van der Waals surface area contributed by atoms with E-state index in [-0.39, 0.29) is 5.91 Å². The molecule has 0 aliphatic heterocycles. The van der Waals surface area contributed by atoms with Gasteiger partial charge in [-0.15, -0.1) is 0 Å². The molecule has 0 unspecified atom stereocenters. The van der Waals surface area contributed by atoms with E-state index in [1.54, 1.807) is 37.5 Å². The van der Waals surface area contributed by atoms with Crippen LogP contribution in [0.2, 0.25) is 0 Å². The molecule has 5 heteroatoms. The summed E-state index contributed by atoms with van der Waals surface area (Å²) in [5.74, 6) is 1.19. The number of nitrogens with one attached hydrogen (secondary N) is 1. The summed E-state index contributed by atoms with van der Waals surface area (Å²) in [5.41, 5.74) is 0. The van der Waals surface area contributed by atoms with Gasteiger partial charge in [0.05, 0.1) is 12.8 Å². The van der Waals surface area contributed by atoms with Crippen molar-refractivity contribution in [2.75, 3.05) is 0 Å². The Kier molecular flexibility index (Phi) is 4.63. The van der Waals surface area contributed by atoms with Crippen LogP contribution in [0.5, 0.6) is 5.75 Å². The van der Waals surface area contributed by atoms with Crippen molar-refractivity contribution in [1.82, 2.24) is 5.32 Å². The first-order chi connectivity index (χ1) is 9.15. The Hall–Kier alpha value is -1.75. The third-order valence-electron chi connectivity index (χ3n) is 2.51. The van der Waals surface area contributed by atoms with Gasteiger partial charge in [-0.05, 0) is 43.3 Å². The van der Waals surface area contributed by atoms with E-state index in [1.807, 2.05) is 12.1 Å². The molecule has 1 aromatic heterocycles. The van der Waals surface area contributed by atoms with E-state index in [2.05, 4.69) is 21.2 Å². The second-order valence-electron chi connectivity index (χ2n) is 4.01. The predicted octanol–water partition coefficient (Wildman–Crippen LogP) is 3.13. The molecule has 1 N–H and O–H groups in total. The molecule has 0 radical (unpaired) electrons. The maximum Gasteiger partial charge on any atom is 0.261 e. The number of hydrogen-bond acceptors (Lipinski definition) is 3. The van der Waals surface area contributed by atoms with Gasteiger partial charge in [-0.2, -0.15) is 0 Å². The van der Waals surface area contributed by atoms with Crippen LogP contribution < -0.4 is 10.1 Å². The molecule has 1 amide bonds. The van der Waals surface area contributed by atoms with Crippen LogP contribution in [-0.2, 0) is 11.3 Å². The average Bonchev–Trinajstić information content (AvgIpc) is 2.91. The largest absolute Gasteiger partial charge is 0.481 e. The van der Waals surface area contributed by atoms with Crippen molar-refractivity contribution in [2.24, 2.45) is 0 Å². The van der Waals surface area contributed by atoms with Gasteiger partial charge in [0.2, 0.25) is 0 Å². The molecule has 100 valence electrons. The summed E-state index contributed by atoms with van der Waals surface area (Å²) in [7, 11) is 0. The topological polar surface area (TPSA) is 51.5 Å². The summed E-state index contributed by atoms with van der Waals surface area (Å²) in [5, 5.41) is 2.75. The predicted molar refractivity (Wildman–Crippen MR) is 74.8 cm³/mol. The summed E-state index contributed by atoms with van der Waals surface area (Å²) >= 11 is 3.34. The molecular weight excluding hydrogens is 310 g/mol. The van der Waals surface area contributed by atoms with E-state index < -0.39 is 6.10 Å². The zero-order valence-corrected chi connectivity index (χ0v) is 12.0. The Morgan fingerprint density at radius 2 is 2.11 bits per heavy atom. The minimum atomic E-state index is -0.559. The van der Waals surface area contributed by atoms with E-state index >= 15 is 0 Å². The van der Waals surface area contributed by atoms with Gasteiger partial charge in [0, 0.05) is 4.47 Å². The number of halogens is 1. The molecular formula is C14H14BrNO3. The van der Waals surface area contributed by atoms with Crippen molar-refractivity contribution in [3.8, 4) is 5.75 Å². The van der Waals surface area contributed by atoms with Gasteiger partial charge in [-0.1, -0.05) is 15.9 Å². The standard InChI is InChI=1S/C14H14BrNO3/c1-10(19-12-6-4-11(15)5-7-12)14(17)16-9-13-3-2-8-18-13/h2-8,10H,9H2,1H3,(H,16,17)/t10-/m1/s1. The summed E-state index contributed by atoms with van der Waals surface area (Å²) < 4.78 is 11.6. The highest BCUT2D eigenvalue weighted by Gasteiger charge is 2.14. The van der Waals surface area contributed by atoms with Gasteiger partial charge >= 0.3 is 0 Å². The fraction of sp³-hybridized carbons (Fsp3) is 0.214. The summed E-state index contributed by atoms with van der Waals surface area (Å²) in [6.45, 7) is 2.07. The molecule has 0 saturated carbocycles. The van der Waals surface area contributed by atoms with Gasteiger partial charge < -0.3 is 14.5 Å². The molecule has 0 fully saturated rings. The van der Waals surface area contributed by atoms with Crippen molar-refractivity contribution in [3.63, 3.8) is 0 Å². The van der Waals surface area contributed by atoms with Crippen molar-refractivity contribution in [2.45, 2.75) is 19.6 Å². The number of hydrogen-bond donors (Lipinski definition) is 1. The molecule has 19 heavy (non-hydrogen) atoms. The van der Waals surface area contributed by atoms with Crippen LogP contribution in [0.3, 0.4) is 0 Å². The molecule has 2 aromatic rings. The molecule has 1 heterocycles. The van der Waals surface area contributed by atoms with Crippen molar-refractivity contribution < 1.29 is 13.9 Å².